The van der Waals surface area contributed by atoms with Gasteiger partial charge in [-0.25, -0.2) is 4.98 Å². The van der Waals surface area contributed by atoms with Crippen LogP contribution in [-0.4, -0.2) is 59.4 Å². The molecule has 23 heavy (non-hydrogen) atoms. The Kier molecular flexibility index (Phi) is 5.51. The third kappa shape index (κ3) is 4.18. The van der Waals surface area contributed by atoms with Gasteiger partial charge in [-0.1, -0.05) is 0 Å². The average molecular weight is 320 g/mol. The molecule has 0 radical (unpaired) electrons. The summed E-state index contributed by atoms with van der Waals surface area (Å²) in [6.45, 7) is 0.718. The van der Waals surface area contributed by atoms with Crippen LogP contribution in [0.25, 0.3) is 0 Å². The molecular weight excluding hydrogens is 300 g/mol. The molecule has 1 unspecified atom stereocenters. The number of aromatic nitrogens is 1. The van der Waals surface area contributed by atoms with Gasteiger partial charge in [-0.2, -0.15) is 0 Å². The number of carbonyl (C=O) groups excluding carboxylic acids is 3. The first kappa shape index (κ1) is 16.7. The molecule has 1 saturated heterocycles. The third-order valence-electron chi connectivity index (χ3n) is 3.79. The number of pyridine rings is 1. The monoisotopic (exact) mass is 320 g/mol. The Hall–Kier alpha value is -2.64. The van der Waals surface area contributed by atoms with E-state index >= 15 is 0 Å². The minimum absolute atomic E-state index is 0.0788. The molecular formula is C15H20N4O4. The summed E-state index contributed by atoms with van der Waals surface area (Å²) in [7, 11) is 1.57. The molecule has 3 amide bonds. The molecule has 0 spiro atoms. The van der Waals surface area contributed by atoms with Crippen LogP contribution in [0.1, 0.15) is 23.3 Å². The van der Waals surface area contributed by atoms with Crippen molar-refractivity contribution in [3.05, 3.63) is 24.0 Å². The maximum atomic E-state index is 12.2. The molecule has 1 aromatic rings. The molecule has 8 heteroatoms. The Morgan fingerprint density at radius 1 is 1.43 bits per heavy atom. The molecule has 1 atom stereocenters. The highest BCUT2D eigenvalue weighted by Crippen LogP contribution is 2.16. The molecule has 1 aliphatic heterocycles. The number of amides is 3. The van der Waals surface area contributed by atoms with Crippen molar-refractivity contribution in [2.24, 2.45) is 5.92 Å². The lowest BCUT2D eigenvalue weighted by Gasteiger charge is -2.31. The summed E-state index contributed by atoms with van der Waals surface area (Å²) in [5.41, 5.74) is -0.123. The minimum atomic E-state index is -0.615. The zero-order chi connectivity index (χ0) is 16.8. The normalized spacial score (nSPS) is 17.4. The largest absolute Gasteiger partial charge is 0.505 e. The molecule has 1 aliphatic rings. The number of hydrogen-bond donors (Lipinski definition) is 3. The molecule has 124 valence electrons. The highest BCUT2D eigenvalue weighted by atomic mass is 16.3. The van der Waals surface area contributed by atoms with E-state index in [4.69, 9.17) is 0 Å². The van der Waals surface area contributed by atoms with Gasteiger partial charge in [-0.05, 0) is 25.0 Å². The molecule has 0 aromatic carbocycles. The van der Waals surface area contributed by atoms with Gasteiger partial charge in [-0.3, -0.25) is 14.4 Å². The van der Waals surface area contributed by atoms with Gasteiger partial charge in [0.1, 0.15) is 5.75 Å². The van der Waals surface area contributed by atoms with Gasteiger partial charge in [0.25, 0.3) is 5.91 Å². The Morgan fingerprint density at radius 2 is 2.22 bits per heavy atom. The fraction of sp³-hybridized carbons (Fsp3) is 0.467. The molecule has 1 fully saturated rings. The number of likely N-dealkylation sites (tertiary alicyclic amines) is 1. The van der Waals surface area contributed by atoms with Gasteiger partial charge in [0.2, 0.25) is 11.8 Å². The number of rotatable bonds is 4. The van der Waals surface area contributed by atoms with Crippen molar-refractivity contribution in [3.63, 3.8) is 0 Å². The second kappa shape index (κ2) is 7.57. The molecule has 0 saturated carbocycles. The Bertz CT molecular complexity index is 605. The van der Waals surface area contributed by atoms with Crippen molar-refractivity contribution in [1.82, 2.24) is 20.5 Å². The zero-order valence-corrected chi connectivity index (χ0v) is 12.9. The van der Waals surface area contributed by atoms with E-state index in [1.807, 2.05) is 0 Å². The highest BCUT2D eigenvalue weighted by molar-refractivity contribution is 5.96. The maximum absolute atomic E-state index is 12.2. The quantitative estimate of drug-likeness (QED) is 0.692. The fourth-order valence-corrected chi connectivity index (χ4v) is 2.54. The number of nitrogens with zero attached hydrogens (tertiary/aromatic N) is 2. The first-order chi connectivity index (χ1) is 11.0. The van der Waals surface area contributed by atoms with E-state index in [9.17, 15) is 19.5 Å². The van der Waals surface area contributed by atoms with E-state index in [0.29, 0.717) is 13.1 Å². The Labute approximate surface area is 133 Å². The molecule has 3 N–H and O–H groups in total. The van der Waals surface area contributed by atoms with Crippen LogP contribution >= 0.6 is 0 Å². The van der Waals surface area contributed by atoms with Crippen LogP contribution in [0.3, 0.4) is 0 Å². The number of aromatic hydroxyl groups is 1. The van der Waals surface area contributed by atoms with E-state index in [2.05, 4.69) is 15.6 Å². The predicted octanol–water partition coefficient (Wildman–Crippen LogP) is -0.498. The standard InChI is InChI=1S/C15H20N4O4/c1-16-14(22)10-4-3-7-19(9-10)12(21)8-18-15(23)13-11(20)5-2-6-17-13/h2,5-6,10,20H,3-4,7-9H2,1H3,(H,16,22)(H,18,23). The van der Waals surface area contributed by atoms with E-state index < -0.39 is 5.91 Å². The SMILES string of the molecule is CNC(=O)C1CCCN(C(=O)CNC(=O)c2ncccc2O)C1. The molecule has 8 nitrogen and oxygen atoms in total. The van der Waals surface area contributed by atoms with Crippen molar-refractivity contribution >= 4 is 17.7 Å². The van der Waals surface area contributed by atoms with Crippen molar-refractivity contribution in [3.8, 4) is 5.75 Å². The molecule has 0 bridgehead atoms. The van der Waals surface area contributed by atoms with Crippen LogP contribution < -0.4 is 10.6 Å². The Balaban J connectivity index is 1.88. The lowest BCUT2D eigenvalue weighted by atomic mass is 9.97. The van der Waals surface area contributed by atoms with Crippen molar-refractivity contribution in [2.75, 3.05) is 26.7 Å². The molecule has 2 heterocycles. The summed E-state index contributed by atoms with van der Waals surface area (Å²) >= 11 is 0. The van der Waals surface area contributed by atoms with E-state index in [0.717, 1.165) is 12.8 Å². The van der Waals surface area contributed by atoms with E-state index in [1.165, 1.54) is 18.3 Å². The second-order valence-electron chi connectivity index (χ2n) is 5.35. The van der Waals surface area contributed by atoms with Gasteiger partial charge in [0.15, 0.2) is 5.69 Å². The first-order valence-electron chi connectivity index (χ1n) is 7.44. The lowest BCUT2D eigenvalue weighted by Crippen LogP contribution is -2.48. The van der Waals surface area contributed by atoms with Crippen molar-refractivity contribution < 1.29 is 19.5 Å². The van der Waals surface area contributed by atoms with Crippen LogP contribution in [0.15, 0.2) is 18.3 Å². The van der Waals surface area contributed by atoms with Crippen LogP contribution in [0.2, 0.25) is 0 Å². The lowest BCUT2D eigenvalue weighted by molar-refractivity contribution is -0.134. The van der Waals surface area contributed by atoms with E-state index in [1.54, 1.807) is 11.9 Å². The summed E-state index contributed by atoms with van der Waals surface area (Å²) in [5, 5.41) is 14.6. The summed E-state index contributed by atoms with van der Waals surface area (Å²) < 4.78 is 0. The van der Waals surface area contributed by atoms with Crippen LogP contribution in [0.4, 0.5) is 0 Å². The topological polar surface area (TPSA) is 112 Å². The van der Waals surface area contributed by atoms with Gasteiger partial charge in [0.05, 0.1) is 12.5 Å². The molecule has 1 aromatic heterocycles. The first-order valence-corrected chi connectivity index (χ1v) is 7.44. The number of carbonyl (C=O) groups is 3. The van der Waals surface area contributed by atoms with Crippen molar-refractivity contribution in [1.29, 1.82) is 0 Å². The van der Waals surface area contributed by atoms with Gasteiger partial charge < -0.3 is 20.6 Å². The number of nitrogens with one attached hydrogen (secondary N) is 2. The number of piperidine rings is 1. The van der Waals surface area contributed by atoms with Gasteiger partial charge in [-0.15, -0.1) is 0 Å². The predicted molar refractivity (Wildman–Crippen MR) is 81.6 cm³/mol. The maximum Gasteiger partial charge on any atom is 0.274 e. The summed E-state index contributed by atoms with van der Waals surface area (Å²) in [4.78, 5) is 41.1. The van der Waals surface area contributed by atoms with Gasteiger partial charge in [0, 0.05) is 26.3 Å². The summed E-state index contributed by atoms with van der Waals surface area (Å²) in [6.07, 6.45) is 2.88. The number of hydrogen-bond acceptors (Lipinski definition) is 5. The summed E-state index contributed by atoms with van der Waals surface area (Å²) in [5.74, 6) is -1.41. The zero-order valence-electron chi connectivity index (χ0n) is 12.9. The van der Waals surface area contributed by atoms with Gasteiger partial charge >= 0.3 is 0 Å². The Morgan fingerprint density at radius 3 is 2.91 bits per heavy atom. The van der Waals surface area contributed by atoms with E-state index in [-0.39, 0.29) is 35.7 Å². The smallest absolute Gasteiger partial charge is 0.274 e. The second-order valence-corrected chi connectivity index (χ2v) is 5.35. The summed E-state index contributed by atoms with van der Waals surface area (Å²) in [6, 6.07) is 2.85. The minimum Gasteiger partial charge on any atom is -0.505 e. The van der Waals surface area contributed by atoms with Crippen LogP contribution in [0.5, 0.6) is 5.75 Å². The average Bonchev–Trinajstić information content (AvgIpc) is 2.59. The molecule has 0 aliphatic carbocycles. The third-order valence-corrected chi connectivity index (χ3v) is 3.79. The fourth-order valence-electron chi connectivity index (χ4n) is 2.54. The van der Waals surface area contributed by atoms with Crippen LogP contribution in [-0.2, 0) is 9.59 Å². The molecule has 2 rings (SSSR count). The van der Waals surface area contributed by atoms with Crippen LogP contribution in [0, 0.1) is 5.92 Å². The van der Waals surface area contributed by atoms with Crippen molar-refractivity contribution in [2.45, 2.75) is 12.8 Å². The highest BCUT2D eigenvalue weighted by Gasteiger charge is 2.28.